The molecule has 4 rings (SSSR count). The first-order valence-electron chi connectivity index (χ1n) is 10.4. The second-order valence-electron chi connectivity index (χ2n) is 8.05. The summed E-state index contributed by atoms with van der Waals surface area (Å²) in [5.41, 5.74) is -2.00. The zero-order valence-electron chi connectivity index (χ0n) is 18.5. The van der Waals surface area contributed by atoms with E-state index < -0.39 is 23.1 Å². The van der Waals surface area contributed by atoms with Crippen LogP contribution < -0.4 is 4.90 Å². The number of nitrogens with zero attached hydrogens (tertiary/aromatic N) is 1. The first-order valence-corrected chi connectivity index (χ1v) is 10.8. The standard InChI is InChI=1S/C26H24ClNO5/c1-17-9-11-19(12-10-17)26(24(30)32-3,33-16-18-7-5-4-6-8-18)25(31)21-14-13-20(27)15-22(21)28(2)23(25)29/h4-15,31H,16H2,1-3H3/t25-,26-/m1/s1. The zero-order valence-corrected chi connectivity index (χ0v) is 19.3. The molecule has 0 saturated carbocycles. The molecular formula is C26H24ClNO5. The number of hydrogen-bond acceptors (Lipinski definition) is 5. The summed E-state index contributed by atoms with van der Waals surface area (Å²) >= 11 is 6.17. The van der Waals surface area contributed by atoms with Crippen LogP contribution in [-0.4, -0.2) is 31.1 Å². The number of esters is 1. The minimum Gasteiger partial charge on any atom is -0.467 e. The van der Waals surface area contributed by atoms with Crippen molar-refractivity contribution in [3.05, 3.63) is 100 Å². The quantitative estimate of drug-likeness (QED) is 0.555. The van der Waals surface area contributed by atoms with Gasteiger partial charge in [0.1, 0.15) is 0 Å². The Kier molecular flexibility index (Phi) is 6.01. The Balaban J connectivity index is 2.00. The molecule has 0 aliphatic carbocycles. The molecule has 170 valence electrons. The summed E-state index contributed by atoms with van der Waals surface area (Å²) in [5.74, 6) is -1.62. The molecule has 0 spiro atoms. The van der Waals surface area contributed by atoms with Gasteiger partial charge in [-0.05, 0) is 30.2 Å². The molecular weight excluding hydrogens is 442 g/mol. The lowest BCUT2D eigenvalue weighted by Gasteiger charge is -2.41. The van der Waals surface area contributed by atoms with Crippen LogP contribution in [0.4, 0.5) is 5.69 Å². The summed E-state index contributed by atoms with van der Waals surface area (Å²) in [6.07, 6.45) is 0. The van der Waals surface area contributed by atoms with E-state index in [0.717, 1.165) is 11.1 Å². The number of amides is 1. The summed E-state index contributed by atoms with van der Waals surface area (Å²) in [5, 5.41) is 12.6. The van der Waals surface area contributed by atoms with Crippen molar-refractivity contribution in [2.45, 2.75) is 24.7 Å². The summed E-state index contributed by atoms with van der Waals surface area (Å²) in [4.78, 5) is 28.5. The molecule has 0 fully saturated rings. The average molecular weight is 466 g/mol. The third kappa shape index (κ3) is 3.51. The minimum absolute atomic E-state index is 0.0496. The minimum atomic E-state index is -2.40. The predicted molar refractivity (Wildman–Crippen MR) is 125 cm³/mol. The SMILES string of the molecule is COC(=O)[C@](OCc1ccccc1)(c1ccc(C)cc1)[C@]1(O)C(=O)N(C)c2cc(Cl)ccc21. The first kappa shape index (κ1) is 23.0. The van der Waals surface area contributed by atoms with Gasteiger partial charge in [0, 0.05) is 17.6 Å². The number of fused-ring (bicyclic) bond motifs is 1. The van der Waals surface area contributed by atoms with Crippen molar-refractivity contribution in [3.63, 3.8) is 0 Å². The predicted octanol–water partition coefficient (Wildman–Crippen LogP) is 4.10. The molecule has 0 aromatic heterocycles. The van der Waals surface area contributed by atoms with Crippen molar-refractivity contribution < 1.29 is 24.2 Å². The molecule has 1 heterocycles. The van der Waals surface area contributed by atoms with Gasteiger partial charge in [-0.25, -0.2) is 4.79 Å². The second kappa shape index (κ2) is 8.63. The number of rotatable bonds is 6. The highest BCUT2D eigenvalue weighted by Crippen LogP contribution is 2.53. The van der Waals surface area contributed by atoms with Crippen LogP contribution in [0.5, 0.6) is 0 Å². The Morgan fingerprint density at radius 2 is 1.76 bits per heavy atom. The molecule has 1 amide bonds. The van der Waals surface area contributed by atoms with Gasteiger partial charge in [-0.3, -0.25) is 4.79 Å². The monoisotopic (exact) mass is 465 g/mol. The highest BCUT2D eigenvalue weighted by atomic mass is 35.5. The molecule has 7 heteroatoms. The highest BCUT2D eigenvalue weighted by Gasteiger charge is 2.69. The van der Waals surface area contributed by atoms with Crippen LogP contribution in [-0.2, 0) is 36.9 Å². The summed E-state index contributed by atoms with van der Waals surface area (Å²) in [6.45, 7) is 1.85. The summed E-state index contributed by atoms with van der Waals surface area (Å²) < 4.78 is 11.5. The number of carbonyl (C=O) groups excluding carboxylic acids is 2. The van der Waals surface area contributed by atoms with Gasteiger partial charge in [0.2, 0.25) is 11.2 Å². The topological polar surface area (TPSA) is 76.1 Å². The Bertz CT molecular complexity index is 1200. The van der Waals surface area contributed by atoms with Gasteiger partial charge in [0.15, 0.2) is 0 Å². The molecule has 1 aliphatic rings. The van der Waals surface area contributed by atoms with Gasteiger partial charge in [0.05, 0.1) is 19.4 Å². The van der Waals surface area contributed by atoms with Crippen molar-refractivity contribution in [3.8, 4) is 0 Å². The number of hydrogen-bond donors (Lipinski definition) is 1. The Hall–Kier alpha value is -3.19. The molecule has 0 saturated heterocycles. The van der Waals surface area contributed by atoms with Gasteiger partial charge < -0.3 is 19.5 Å². The average Bonchev–Trinajstić information content (AvgIpc) is 3.02. The molecule has 0 radical (unpaired) electrons. The third-order valence-electron chi connectivity index (χ3n) is 6.06. The van der Waals surface area contributed by atoms with Gasteiger partial charge in [-0.2, -0.15) is 0 Å². The number of aliphatic hydroxyl groups is 1. The molecule has 1 N–H and O–H groups in total. The summed E-state index contributed by atoms with van der Waals surface area (Å²) in [6, 6.07) is 20.8. The van der Waals surface area contributed by atoms with Gasteiger partial charge >= 0.3 is 5.97 Å². The molecule has 2 atom stereocenters. The smallest absolute Gasteiger partial charge is 0.346 e. The lowest BCUT2D eigenvalue weighted by atomic mass is 9.73. The van der Waals surface area contributed by atoms with Gasteiger partial charge in [-0.1, -0.05) is 77.8 Å². The number of anilines is 1. The van der Waals surface area contributed by atoms with Crippen LogP contribution in [0.25, 0.3) is 0 Å². The maximum absolute atomic E-state index is 13.7. The molecule has 3 aromatic carbocycles. The molecule has 3 aromatic rings. The summed E-state index contributed by atoms with van der Waals surface area (Å²) in [7, 11) is 2.72. The Morgan fingerprint density at radius 1 is 1.09 bits per heavy atom. The fraction of sp³-hybridized carbons (Fsp3) is 0.231. The maximum Gasteiger partial charge on any atom is 0.346 e. The van der Waals surface area contributed by atoms with Crippen molar-refractivity contribution in [1.29, 1.82) is 0 Å². The number of methoxy groups -OCH3 is 1. The van der Waals surface area contributed by atoms with Crippen LogP contribution in [0, 0.1) is 6.92 Å². The van der Waals surface area contributed by atoms with E-state index in [-0.39, 0.29) is 12.2 Å². The number of likely N-dealkylation sites (N-methyl/N-ethyl adjacent to an activating group) is 1. The lowest BCUT2D eigenvalue weighted by molar-refractivity contribution is -0.220. The number of ether oxygens (including phenoxy) is 2. The van der Waals surface area contributed by atoms with Crippen LogP contribution in [0.15, 0.2) is 72.8 Å². The molecule has 6 nitrogen and oxygen atoms in total. The van der Waals surface area contributed by atoms with Crippen LogP contribution >= 0.6 is 11.6 Å². The van der Waals surface area contributed by atoms with Crippen molar-refractivity contribution >= 4 is 29.2 Å². The molecule has 33 heavy (non-hydrogen) atoms. The van der Waals surface area contributed by atoms with E-state index in [1.807, 2.05) is 37.3 Å². The van der Waals surface area contributed by atoms with Gasteiger partial charge in [-0.15, -0.1) is 0 Å². The normalized spacial score (nSPS) is 19.2. The van der Waals surface area contributed by atoms with E-state index >= 15 is 0 Å². The fourth-order valence-electron chi connectivity index (χ4n) is 4.31. The van der Waals surface area contributed by atoms with Crippen molar-refractivity contribution in [2.24, 2.45) is 0 Å². The van der Waals surface area contributed by atoms with E-state index in [1.165, 1.54) is 25.1 Å². The van der Waals surface area contributed by atoms with E-state index in [2.05, 4.69) is 0 Å². The molecule has 0 bridgehead atoms. The number of carbonyl (C=O) groups is 2. The first-order chi connectivity index (χ1) is 15.8. The van der Waals surface area contributed by atoms with E-state index in [4.69, 9.17) is 21.1 Å². The van der Waals surface area contributed by atoms with Crippen LogP contribution in [0.3, 0.4) is 0 Å². The Labute approximate surface area is 197 Å². The van der Waals surface area contributed by atoms with E-state index in [1.54, 1.807) is 36.4 Å². The zero-order chi connectivity index (χ0) is 23.8. The third-order valence-corrected chi connectivity index (χ3v) is 6.30. The van der Waals surface area contributed by atoms with Crippen molar-refractivity contribution in [1.82, 2.24) is 0 Å². The second-order valence-corrected chi connectivity index (χ2v) is 8.49. The molecule has 0 unspecified atom stereocenters. The van der Waals surface area contributed by atoms with E-state index in [9.17, 15) is 14.7 Å². The number of halogens is 1. The van der Waals surface area contributed by atoms with Crippen LogP contribution in [0.2, 0.25) is 5.02 Å². The molecule has 1 aliphatic heterocycles. The number of benzene rings is 3. The lowest BCUT2D eigenvalue weighted by Crippen LogP contribution is -2.61. The number of aryl methyl sites for hydroxylation is 1. The fourth-order valence-corrected chi connectivity index (χ4v) is 4.48. The highest BCUT2D eigenvalue weighted by molar-refractivity contribution is 6.31. The van der Waals surface area contributed by atoms with Gasteiger partial charge in [0.25, 0.3) is 5.91 Å². The maximum atomic E-state index is 13.7. The Morgan fingerprint density at radius 3 is 2.39 bits per heavy atom. The largest absolute Gasteiger partial charge is 0.467 e. The van der Waals surface area contributed by atoms with Crippen LogP contribution in [0.1, 0.15) is 22.3 Å². The van der Waals surface area contributed by atoms with Crippen molar-refractivity contribution in [2.75, 3.05) is 19.1 Å². The van der Waals surface area contributed by atoms with E-state index in [0.29, 0.717) is 16.3 Å².